The highest BCUT2D eigenvalue weighted by Crippen LogP contribution is 2.32. The van der Waals surface area contributed by atoms with Crippen molar-refractivity contribution in [2.75, 3.05) is 52.5 Å². The Morgan fingerprint density at radius 3 is 2.13 bits per heavy atom. The molecular weight excluding hydrogens is 402 g/mol. The van der Waals surface area contributed by atoms with E-state index in [4.69, 9.17) is 16.3 Å². The first-order chi connectivity index (χ1) is 14.6. The average Bonchev–Trinajstić information content (AvgIpc) is 3.45. The number of amides is 1. The van der Waals surface area contributed by atoms with E-state index in [1.807, 2.05) is 4.90 Å². The predicted molar refractivity (Wildman–Crippen MR) is 114 cm³/mol. The van der Waals surface area contributed by atoms with Gasteiger partial charge in [-0.1, -0.05) is 35.9 Å². The minimum Gasteiger partial charge on any atom is -0.379 e. The molecular formula is C22H28ClN5O2. The van der Waals surface area contributed by atoms with E-state index in [1.165, 1.54) is 22.0 Å². The van der Waals surface area contributed by atoms with Crippen LogP contribution in [0.1, 0.15) is 11.1 Å². The molecule has 0 radical (unpaired) electrons. The summed E-state index contributed by atoms with van der Waals surface area (Å²) in [5, 5.41) is 4.53. The van der Waals surface area contributed by atoms with Gasteiger partial charge in [-0.2, -0.15) is 9.78 Å². The second kappa shape index (κ2) is 8.67. The van der Waals surface area contributed by atoms with Crippen LogP contribution in [0.2, 0.25) is 5.02 Å². The van der Waals surface area contributed by atoms with Crippen molar-refractivity contribution < 1.29 is 9.53 Å². The van der Waals surface area contributed by atoms with Gasteiger partial charge in [0, 0.05) is 52.4 Å². The topological polar surface area (TPSA) is 53.8 Å². The number of hydrogen-bond donors (Lipinski definition) is 0. The molecule has 2 atom stereocenters. The van der Waals surface area contributed by atoms with Crippen molar-refractivity contribution in [1.82, 2.24) is 24.5 Å². The number of likely N-dealkylation sites (tertiary alicyclic amines) is 2. The Bertz CT molecular complexity index is 866. The van der Waals surface area contributed by atoms with Crippen molar-refractivity contribution in [3.05, 3.63) is 52.8 Å². The molecule has 0 aliphatic carbocycles. The number of hydrogen-bond acceptors (Lipinski definition) is 5. The number of carbonyl (C=O) groups is 1. The van der Waals surface area contributed by atoms with Crippen LogP contribution in [0.5, 0.6) is 0 Å². The number of aromatic nitrogens is 2. The summed E-state index contributed by atoms with van der Waals surface area (Å²) in [5.74, 6) is 1.08. The van der Waals surface area contributed by atoms with Crippen LogP contribution in [0, 0.1) is 11.8 Å². The van der Waals surface area contributed by atoms with Gasteiger partial charge < -0.3 is 9.64 Å². The van der Waals surface area contributed by atoms with Crippen LogP contribution in [-0.2, 0) is 17.8 Å². The standard InChI is InChI=1S/C22H28ClN5O2/c23-21-9-24-28(16-21)22(29)27-14-19-12-26(13-20(19)15-27)11-18-3-1-17(2-4-18)10-25-5-7-30-8-6-25/h1-4,9,16,19-20H,5-8,10-15H2. The fraction of sp³-hybridized carbons (Fsp3) is 0.545. The van der Waals surface area contributed by atoms with Crippen molar-refractivity contribution in [1.29, 1.82) is 0 Å². The fourth-order valence-corrected chi connectivity index (χ4v) is 5.09. The molecule has 7 nitrogen and oxygen atoms in total. The zero-order valence-electron chi connectivity index (χ0n) is 17.1. The van der Waals surface area contributed by atoms with Gasteiger partial charge in [-0.05, 0) is 23.0 Å². The van der Waals surface area contributed by atoms with E-state index < -0.39 is 0 Å². The maximum Gasteiger partial charge on any atom is 0.344 e. The van der Waals surface area contributed by atoms with Crippen LogP contribution in [0.3, 0.4) is 0 Å². The Balaban J connectivity index is 1.11. The molecule has 0 bridgehead atoms. The molecule has 3 aliphatic rings. The van der Waals surface area contributed by atoms with Crippen LogP contribution in [0.15, 0.2) is 36.7 Å². The van der Waals surface area contributed by atoms with Crippen molar-refractivity contribution in [3.63, 3.8) is 0 Å². The van der Waals surface area contributed by atoms with Gasteiger partial charge in [0.1, 0.15) is 0 Å². The predicted octanol–water partition coefficient (Wildman–Crippen LogP) is 2.40. The van der Waals surface area contributed by atoms with Gasteiger partial charge in [0.2, 0.25) is 0 Å². The number of carbonyl (C=O) groups excluding carboxylic acids is 1. The number of nitrogens with zero attached hydrogens (tertiary/aromatic N) is 5. The molecule has 0 N–H and O–H groups in total. The summed E-state index contributed by atoms with van der Waals surface area (Å²) in [6.07, 6.45) is 3.08. The molecule has 3 aliphatic heterocycles. The first kappa shape index (κ1) is 20.0. The zero-order chi connectivity index (χ0) is 20.5. The number of morpholine rings is 1. The summed E-state index contributed by atoms with van der Waals surface area (Å²) < 4.78 is 6.77. The van der Waals surface area contributed by atoms with Gasteiger partial charge in [0.25, 0.3) is 0 Å². The molecule has 3 fully saturated rings. The van der Waals surface area contributed by atoms with E-state index in [2.05, 4.69) is 39.2 Å². The normalized spacial score (nSPS) is 25.0. The van der Waals surface area contributed by atoms with E-state index >= 15 is 0 Å². The minimum absolute atomic E-state index is 0.0706. The molecule has 2 aromatic rings. The second-order valence-corrected chi connectivity index (χ2v) is 9.15. The highest BCUT2D eigenvalue weighted by molar-refractivity contribution is 6.30. The van der Waals surface area contributed by atoms with E-state index in [-0.39, 0.29) is 6.03 Å². The van der Waals surface area contributed by atoms with Crippen LogP contribution < -0.4 is 0 Å². The number of ether oxygens (including phenoxy) is 1. The van der Waals surface area contributed by atoms with Crippen LogP contribution in [0.4, 0.5) is 4.79 Å². The Labute approximate surface area is 182 Å². The number of fused-ring (bicyclic) bond motifs is 1. The summed E-state index contributed by atoms with van der Waals surface area (Å²) in [6.45, 7) is 9.40. The number of rotatable bonds is 4. The maximum atomic E-state index is 12.6. The molecule has 1 aromatic heterocycles. The third-order valence-corrected chi connectivity index (χ3v) is 6.71. The van der Waals surface area contributed by atoms with E-state index in [0.29, 0.717) is 16.9 Å². The van der Waals surface area contributed by atoms with Crippen LogP contribution >= 0.6 is 11.6 Å². The van der Waals surface area contributed by atoms with Gasteiger partial charge in [0.15, 0.2) is 0 Å². The molecule has 4 heterocycles. The Kier molecular flexibility index (Phi) is 5.78. The monoisotopic (exact) mass is 429 g/mol. The lowest BCUT2D eigenvalue weighted by atomic mass is 10.0. The minimum atomic E-state index is -0.0706. The molecule has 30 heavy (non-hydrogen) atoms. The van der Waals surface area contributed by atoms with Crippen molar-refractivity contribution >= 4 is 17.6 Å². The first-order valence-corrected chi connectivity index (χ1v) is 11.1. The van der Waals surface area contributed by atoms with E-state index in [9.17, 15) is 4.79 Å². The van der Waals surface area contributed by atoms with Gasteiger partial charge in [-0.25, -0.2) is 4.79 Å². The molecule has 3 saturated heterocycles. The van der Waals surface area contributed by atoms with Crippen molar-refractivity contribution in [2.45, 2.75) is 13.1 Å². The molecule has 8 heteroatoms. The molecule has 0 spiro atoms. The maximum absolute atomic E-state index is 12.6. The van der Waals surface area contributed by atoms with Crippen molar-refractivity contribution in [2.24, 2.45) is 11.8 Å². The third-order valence-electron chi connectivity index (χ3n) is 6.52. The zero-order valence-corrected chi connectivity index (χ0v) is 17.9. The molecule has 160 valence electrons. The molecule has 0 saturated carbocycles. The lowest BCUT2D eigenvalue weighted by molar-refractivity contribution is 0.0342. The third kappa shape index (κ3) is 4.39. The van der Waals surface area contributed by atoms with Gasteiger partial charge in [-0.3, -0.25) is 9.80 Å². The Hall–Kier alpha value is -1.93. The Morgan fingerprint density at radius 2 is 1.57 bits per heavy atom. The largest absolute Gasteiger partial charge is 0.379 e. The summed E-state index contributed by atoms with van der Waals surface area (Å²) in [7, 11) is 0. The first-order valence-electron chi connectivity index (χ1n) is 10.7. The molecule has 1 amide bonds. The van der Waals surface area contributed by atoms with Gasteiger partial charge >= 0.3 is 6.03 Å². The van der Waals surface area contributed by atoms with Crippen LogP contribution in [-0.4, -0.2) is 83.0 Å². The Morgan fingerprint density at radius 1 is 0.967 bits per heavy atom. The SMILES string of the molecule is O=C(N1CC2CN(Cc3ccc(CN4CCOCC4)cc3)CC2C1)n1cc(Cl)cn1. The summed E-state index contributed by atoms with van der Waals surface area (Å²) in [5.41, 5.74) is 2.73. The molecule has 1 aromatic carbocycles. The number of benzene rings is 1. The lowest BCUT2D eigenvalue weighted by Gasteiger charge is -2.26. The quantitative estimate of drug-likeness (QED) is 0.747. The lowest BCUT2D eigenvalue weighted by Crippen LogP contribution is -2.36. The van der Waals surface area contributed by atoms with E-state index in [1.54, 1.807) is 6.20 Å². The summed E-state index contributed by atoms with van der Waals surface area (Å²) in [4.78, 5) is 19.5. The number of halogens is 1. The van der Waals surface area contributed by atoms with Crippen LogP contribution in [0.25, 0.3) is 0 Å². The smallest absolute Gasteiger partial charge is 0.344 e. The fourth-order valence-electron chi connectivity index (χ4n) is 4.95. The highest BCUT2D eigenvalue weighted by Gasteiger charge is 2.41. The molecule has 2 unspecified atom stereocenters. The van der Waals surface area contributed by atoms with E-state index in [0.717, 1.165) is 65.6 Å². The average molecular weight is 430 g/mol. The van der Waals surface area contributed by atoms with Gasteiger partial charge in [-0.15, -0.1) is 0 Å². The highest BCUT2D eigenvalue weighted by atomic mass is 35.5. The van der Waals surface area contributed by atoms with Gasteiger partial charge in [0.05, 0.1) is 30.6 Å². The summed E-state index contributed by atoms with van der Waals surface area (Å²) in [6, 6.07) is 8.98. The molecule has 5 rings (SSSR count). The van der Waals surface area contributed by atoms with Crippen molar-refractivity contribution in [3.8, 4) is 0 Å². The second-order valence-electron chi connectivity index (χ2n) is 8.71. The summed E-state index contributed by atoms with van der Waals surface area (Å²) >= 11 is 5.89.